The van der Waals surface area contributed by atoms with E-state index in [1.807, 2.05) is 6.07 Å². The van der Waals surface area contributed by atoms with E-state index in [0.717, 1.165) is 0 Å². The Hall–Kier alpha value is -3.26. The minimum Gasteiger partial charge on any atom is -0.486 e. The van der Waals surface area contributed by atoms with Gasteiger partial charge >= 0.3 is 0 Å². The second-order valence-electron chi connectivity index (χ2n) is 8.33. The first-order valence-electron chi connectivity index (χ1n) is 11.0. The van der Waals surface area contributed by atoms with Crippen molar-refractivity contribution in [1.29, 1.82) is 0 Å². The third-order valence-corrected chi connectivity index (χ3v) is 6.62. The third-order valence-electron chi connectivity index (χ3n) is 6.29. The van der Waals surface area contributed by atoms with E-state index in [9.17, 15) is 14.4 Å². The van der Waals surface area contributed by atoms with Gasteiger partial charge in [0.15, 0.2) is 11.5 Å². The molecule has 1 atom stereocenters. The van der Waals surface area contributed by atoms with E-state index in [2.05, 4.69) is 0 Å². The number of anilines is 1. The van der Waals surface area contributed by atoms with Gasteiger partial charge < -0.3 is 24.2 Å². The molecule has 2 saturated heterocycles. The molecule has 9 heteroatoms. The predicted octanol–water partition coefficient (Wildman–Crippen LogP) is 2.45. The van der Waals surface area contributed by atoms with Crippen LogP contribution in [0.15, 0.2) is 42.5 Å². The number of carbonyl (C=O) groups excluding carboxylic acids is 3. The van der Waals surface area contributed by atoms with Crippen LogP contribution in [0.25, 0.3) is 0 Å². The molecule has 3 heterocycles. The normalized spacial score (nSPS) is 20.2. The van der Waals surface area contributed by atoms with E-state index < -0.39 is 5.92 Å². The van der Waals surface area contributed by atoms with Crippen molar-refractivity contribution >= 4 is 35.0 Å². The molecule has 2 fully saturated rings. The highest BCUT2D eigenvalue weighted by molar-refractivity contribution is 6.33. The molecule has 3 aliphatic heterocycles. The van der Waals surface area contributed by atoms with Gasteiger partial charge in [0.2, 0.25) is 11.8 Å². The Morgan fingerprint density at radius 3 is 2.36 bits per heavy atom. The molecule has 0 saturated carbocycles. The monoisotopic (exact) mass is 469 g/mol. The molecule has 2 aromatic rings. The van der Waals surface area contributed by atoms with Crippen LogP contribution < -0.4 is 14.4 Å². The van der Waals surface area contributed by atoms with E-state index in [4.69, 9.17) is 21.1 Å². The first-order chi connectivity index (χ1) is 16.0. The van der Waals surface area contributed by atoms with Gasteiger partial charge in [0.1, 0.15) is 13.2 Å². The van der Waals surface area contributed by atoms with Crippen molar-refractivity contribution < 1.29 is 23.9 Å². The summed E-state index contributed by atoms with van der Waals surface area (Å²) >= 11 is 6.16. The quantitative estimate of drug-likeness (QED) is 0.690. The van der Waals surface area contributed by atoms with Crippen LogP contribution in [0.1, 0.15) is 16.8 Å². The van der Waals surface area contributed by atoms with Gasteiger partial charge in [0.05, 0.1) is 16.5 Å². The van der Waals surface area contributed by atoms with Gasteiger partial charge in [0, 0.05) is 50.9 Å². The van der Waals surface area contributed by atoms with Gasteiger partial charge in [-0.25, -0.2) is 0 Å². The molecule has 0 bridgehead atoms. The number of ether oxygens (including phenoxy) is 2. The largest absolute Gasteiger partial charge is 0.486 e. The highest BCUT2D eigenvalue weighted by Gasteiger charge is 2.38. The smallest absolute Gasteiger partial charge is 0.255 e. The number of nitrogens with zero attached hydrogens (tertiary/aromatic N) is 3. The van der Waals surface area contributed by atoms with Crippen molar-refractivity contribution in [2.45, 2.75) is 6.42 Å². The zero-order valence-electron chi connectivity index (χ0n) is 18.0. The molecule has 172 valence electrons. The van der Waals surface area contributed by atoms with Gasteiger partial charge in [-0.1, -0.05) is 23.7 Å². The fourth-order valence-electron chi connectivity index (χ4n) is 4.52. The first-order valence-corrected chi connectivity index (χ1v) is 11.4. The SMILES string of the molecule is O=C(c1ccccc1Cl)N1CCN(C(=O)C2CC(=O)N(c3ccc4c(c3)OCCO4)C2)CC1. The topological polar surface area (TPSA) is 79.4 Å². The summed E-state index contributed by atoms with van der Waals surface area (Å²) in [7, 11) is 0. The van der Waals surface area contributed by atoms with E-state index in [1.165, 1.54) is 0 Å². The molecular formula is C24H24ClN3O5. The molecule has 1 unspecified atom stereocenters. The number of hydrogen-bond donors (Lipinski definition) is 0. The maximum absolute atomic E-state index is 13.1. The molecule has 33 heavy (non-hydrogen) atoms. The van der Waals surface area contributed by atoms with Crippen LogP contribution in [0.5, 0.6) is 11.5 Å². The number of carbonyl (C=O) groups is 3. The summed E-state index contributed by atoms with van der Waals surface area (Å²) in [5, 5.41) is 0.421. The van der Waals surface area contributed by atoms with Gasteiger partial charge in [-0.2, -0.15) is 0 Å². The highest BCUT2D eigenvalue weighted by atomic mass is 35.5. The number of amides is 3. The molecular weight excluding hydrogens is 446 g/mol. The lowest BCUT2D eigenvalue weighted by Gasteiger charge is -2.36. The number of piperazine rings is 1. The number of rotatable bonds is 3. The lowest BCUT2D eigenvalue weighted by atomic mass is 10.1. The summed E-state index contributed by atoms with van der Waals surface area (Å²) in [4.78, 5) is 43.7. The van der Waals surface area contributed by atoms with Gasteiger partial charge in [-0.15, -0.1) is 0 Å². The fraction of sp³-hybridized carbons (Fsp3) is 0.375. The average Bonchev–Trinajstić information content (AvgIpc) is 3.25. The predicted molar refractivity (Wildman–Crippen MR) is 122 cm³/mol. The zero-order chi connectivity index (χ0) is 22.9. The Morgan fingerprint density at radius 2 is 1.61 bits per heavy atom. The summed E-state index contributed by atoms with van der Waals surface area (Å²) in [6.07, 6.45) is 0.173. The molecule has 2 aromatic carbocycles. The van der Waals surface area contributed by atoms with Crippen LogP contribution in [-0.2, 0) is 9.59 Å². The van der Waals surface area contributed by atoms with E-state index in [0.29, 0.717) is 73.7 Å². The van der Waals surface area contributed by atoms with Crippen LogP contribution in [-0.4, -0.2) is 73.5 Å². The van der Waals surface area contributed by atoms with Crippen molar-refractivity contribution in [3.63, 3.8) is 0 Å². The van der Waals surface area contributed by atoms with Gasteiger partial charge in [-0.05, 0) is 24.3 Å². The van der Waals surface area contributed by atoms with Crippen LogP contribution in [0.4, 0.5) is 5.69 Å². The standard InChI is InChI=1S/C24H24ClN3O5/c25-19-4-2-1-3-18(19)24(31)27-9-7-26(8-10-27)23(30)16-13-22(29)28(15-16)17-5-6-20-21(14-17)33-12-11-32-20/h1-6,14,16H,7-13,15H2. The summed E-state index contributed by atoms with van der Waals surface area (Å²) in [6.45, 7) is 3.04. The fourth-order valence-corrected chi connectivity index (χ4v) is 4.73. The van der Waals surface area contributed by atoms with E-state index >= 15 is 0 Å². The van der Waals surface area contributed by atoms with Crippen molar-refractivity contribution in [1.82, 2.24) is 9.80 Å². The van der Waals surface area contributed by atoms with Crippen LogP contribution in [0.2, 0.25) is 5.02 Å². The molecule has 8 nitrogen and oxygen atoms in total. The maximum atomic E-state index is 13.1. The minimum atomic E-state index is -0.406. The second-order valence-corrected chi connectivity index (χ2v) is 8.74. The number of hydrogen-bond acceptors (Lipinski definition) is 5. The number of halogens is 1. The molecule has 0 aliphatic carbocycles. The highest BCUT2D eigenvalue weighted by Crippen LogP contribution is 2.36. The first kappa shape index (κ1) is 21.6. The van der Waals surface area contributed by atoms with Gasteiger partial charge in [0.25, 0.3) is 5.91 Å². The molecule has 0 N–H and O–H groups in total. The van der Waals surface area contributed by atoms with Crippen molar-refractivity contribution in [2.24, 2.45) is 5.92 Å². The molecule has 3 amide bonds. The Balaban J connectivity index is 1.20. The molecule has 3 aliphatic rings. The summed E-state index contributed by atoms with van der Waals surface area (Å²) in [5.41, 5.74) is 1.17. The number of benzene rings is 2. The molecule has 0 aromatic heterocycles. The Labute approximate surface area is 196 Å². The van der Waals surface area contributed by atoms with Crippen LogP contribution >= 0.6 is 11.6 Å². The number of fused-ring (bicyclic) bond motifs is 1. The van der Waals surface area contributed by atoms with Gasteiger partial charge in [-0.3, -0.25) is 14.4 Å². The Morgan fingerprint density at radius 1 is 0.909 bits per heavy atom. The second kappa shape index (κ2) is 8.94. The van der Waals surface area contributed by atoms with Crippen molar-refractivity contribution in [3.8, 4) is 11.5 Å². The average molecular weight is 470 g/mol. The van der Waals surface area contributed by atoms with Crippen LogP contribution in [0.3, 0.4) is 0 Å². The Bertz CT molecular complexity index is 1100. The third kappa shape index (κ3) is 4.23. The zero-order valence-corrected chi connectivity index (χ0v) is 18.8. The molecule has 0 radical (unpaired) electrons. The maximum Gasteiger partial charge on any atom is 0.255 e. The summed E-state index contributed by atoms with van der Waals surface area (Å²) in [5.74, 6) is 0.602. The lowest BCUT2D eigenvalue weighted by Crippen LogP contribution is -2.52. The van der Waals surface area contributed by atoms with Crippen molar-refractivity contribution in [3.05, 3.63) is 53.1 Å². The Kier molecular flexibility index (Phi) is 5.85. The summed E-state index contributed by atoms with van der Waals surface area (Å²) in [6, 6.07) is 12.4. The molecule has 5 rings (SSSR count). The van der Waals surface area contributed by atoms with Crippen LogP contribution in [0, 0.1) is 5.92 Å². The lowest BCUT2D eigenvalue weighted by molar-refractivity contribution is -0.137. The molecule has 0 spiro atoms. The summed E-state index contributed by atoms with van der Waals surface area (Å²) < 4.78 is 11.2. The van der Waals surface area contributed by atoms with Crippen molar-refractivity contribution in [2.75, 3.05) is 50.8 Å². The van der Waals surface area contributed by atoms with E-state index in [-0.39, 0.29) is 24.1 Å². The van der Waals surface area contributed by atoms with E-state index in [1.54, 1.807) is 51.1 Å². The minimum absolute atomic E-state index is 0.0479.